The maximum absolute atomic E-state index is 14.0. The van der Waals surface area contributed by atoms with Gasteiger partial charge in [-0.05, 0) is 43.7 Å². The van der Waals surface area contributed by atoms with E-state index in [2.05, 4.69) is 22.8 Å². The van der Waals surface area contributed by atoms with E-state index in [-0.39, 0.29) is 48.7 Å². The number of methoxy groups -OCH3 is 1. The number of carbonyl (C=O) groups excluding carboxylic acids is 1. The number of β-amino-alcohol motifs (C(OH)–C–C–N with tert-alkyl or cyclic N) is 1. The molecule has 3 fully saturated rings. The number of carbonyl (C=O) groups is 1. The molecule has 0 spiro atoms. The van der Waals surface area contributed by atoms with Gasteiger partial charge in [0.25, 0.3) is 0 Å². The molecule has 1 aromatic rings. The molecule has 2 unspecified atom stereocenters. The van der Waals surface area contributed by atoms with Crippen molar-refractivity contribution in [2.75, 3.05) is 46.5 Å². The van der Waals surface area contributed by atoms with Gasteiger partial charge >= 0.3 is 6.09 Å². The number of rotatable bonds is 6. The number of fused-ring (bicyclic) bond motifs is 4. The van der Waals surface area contributed by atoms with Crippen LogP contribution >= 0.6 is 0 Å². The Labute approximate surface area is 242 Å². The molecule has 2 bridgehead atoms. The molecular formula is C27H40BN3O9S. The Balaban J connectivity index is 1.30. The van der Waals surface area contributed by atoms with Crippen molar-refractivity contribution in [3.8, 4) is 11.5 Å². The number of aliphatic hydroxyl groups is 1. The van der Waals surface area contributed by atoms with Crippen LogP contribution in [0.1, 0.15) is 25.7 Å². The maximum atomic E-state index is 14.0. The van der Waals surface area contributed by atoms with Gasteiger partial charge in [-0.3, -0.25) is 0 Å². The summed E-state index contributed by atoms with van der Waals surface area (Å²) in [4.78, 5) is 12.6. The Morgan fingerprint density at radius 1 is 1.29 bits per heavy atom. The first-order chi connectivity index (χ1) is 19.7. The monoisotopic (exact) mass is 593 g/mol. The number of nitrogens with one attached hydrogen (secondary N) is 2. The summed E-state index contributed by atoms with van der Waals surface area (Å²) >= 11 is 0. The number of aliphatic hydroxyl groups excluding tert-OH is 1. The quantitative estimate of drug-likeness (QED) is 0.309. The predicted molar refractivity (Wildman–Crippen MR) is 151 cm³/mol. The SMILES string of the molecule is B[C@H](NC(=O)O[C@H]1CO[C@H]2OCC[C@H]21)[C@H](O)CN1CCNC/C=C\C2CCC(C2)Oc2cc(OC)ccc2S1(=O)=O. The zero-order valence-electron chi connectivity index (χ0n) is 23.6. The minimum absolute atomic E-state index is 0.0103. The third kappa shape index (κ3) is 7.18. The number of benzene rings is 1. The summed E-state index contributed by atoms with van der Waals surface area (Å²) in [5.41, 5.74) is 0. The second-order valence-electron chi connectivity index (χ2n) is 11.1. The minimum Gasteiger partial charge on any atom is -0.497 e. The van der Waals surface area contributed by atoms with Crippen LogP contribution in [0, 0.1) is 11.8 Å². The molecule has 5 rings (SSSR count). The molecular weight excluding hydrogens is 553 g/mol. The molecule has 41 heavy (non-hydrogen) atoms. The second-order valence-corrected chi connectivity index (χ2v) is 13.0. The molecule has 0 radical (unpaired) electrons. The van der Waals surface area contributed by atoms with Gasteiger partial charge in [0.15, 0.2) is 6.29 Å². The summed E-state index contributed by atoms with van der Waals surface area (Å²) in [6.45, 7) is 1.64. The third-order valence-electron chi connectivity index (χ3n) is 8.25. The summed E-state index contributed by atoms with van der Waals surface area (Å²) in [7, 11) is -0.975. The van der Waals surface area contributed by atoms with Crippen LogP contribution in [0.5, 0.6) is 11.5 Å². The van der Waals surface area contributed by atoms with E-state index >= 15 is 0 Å². The van der Waals surface area contributed by atoms with E-state index in [1.54, 1.807) is 20.0 Å². The lowest BCUT2D eigenvalue weighted by atomic mass is 9.91. The molecule has 7 atom stereocenters. The van der Waals surface area contributed by atoms with Crippen LogP contribution in [-0.4, -0.2) is 109 Å². The number of sulfonamides is 1. The first-order valence-electron chi connectivity index (χ1n) is 14.3. The average Bonchev–Trinajstić information content (AvgIpc) is 3.68. The Morgan fingerprint density at radius 3 is 2.98 bits per heavy atom. The number of amides is 1. The zero-order valence-corrected chi connectivity index (χ0v) is 24.4. The van der Waals surface area contributed by atoms with E-state index in [1.165, 1.54) is 17.5 Å². The molecule has 4 aliphatic rings. The number of hydrogen-bond donors (Lipinski definition) is 3. The third-order valence-corrected chi connectivity index (χ3v) is 10.2. The molecule has 3 aliphatic heterocycles. The van der Waals surface area contributed by atoms with E-state index in [9.17, 15) is 18.3 Å². The highest BCUT2D eigenvalue weighted by Gasteiger charge is 2.44. The lowest BCUT2D eigenvalue weighted by Crippen LogP contribution is -2.51. The van der Waals surface area contributed by atoms with E-state index < -0.39 is 34.3 Å². The Morgan fingerprint density at radius 2 is 2.15 bits per heavy atom. The number of allylic oxidation sites excluding steroid dienone is 1. The molecule has 14 heteroatoms. The summed E-state index contributed by atoms with van der Waals surface area (Å²) < 4.78 is 57.4. The highest BCUT2D eigenvalue weighted by Crippen LogP contribution is 2.36. The van der Waals surface area contributed by atoms with E-state index in [4.69, 9.17) is 23.7 Å². The fourth-order valence-electron chi connectivity index (χ4n) is 5.82. The van der Waals surface area contributed by atoms with Crippen LogP contribution in [0.25, 0.3) is 0 Å². The van der Waals surface area contributed by atoms with Crippen molar-refractivity contribution in [2.24, 2.45) is 11.8 Å². The van der Waals surface area contributed by atoms with Gasteiger partial charge in [0.1, 0.15) is 30.3 Å². The first kappa shape index (κ1) is 30.1. The van der Waals surface area contributed by atoms with E-state index in [1.807, 2.05) is 0 Å². The standard InChI is InChI=1S/C27H40BN3O9S/c1-36-18-6-7-24-22(14-18)39-19-5-4-17(13-19)3-2-9-29-10-11-31(41(24,34)35)15-21(32)25(28)30-27(33)40-23-16-38-26-20(23)8-12-37-26/h2-3,6-7,14,17,19-21,23,25-26,29,32H,4-5,8-13,15-16,28H2,1H3,(H,30,33)/b3-2-/t17?,19?,20-,21+,23-,25+,26+/m0/s1. The number of alkyl carbamates (subject to hydrolysis) is 1. The van der Waals surface area contributed by atoms with Gasteiger partial charge in [0, 0.05) is 38.2 Å². The summed E-state index contributed by atoms with van der Waals surface area (Å²) in [5, 5.41) is 17.0. The van der Waals surface area contributed by atoms with Gasteiger partial charge in [-0.25, -0.2) is 13.2 Å². The van der Waals surface area contributed by atoms with Crippen molar-refractivity contribution in [1.29, 1.82) is 0 Å². The Bertz CT molecular complexity index is 1200. The molecule has 1 aliphatic carbocycles. The van der Waals surface area contributed by atoms with Crippen LogP contribution < -0.4 is 20.1 Å². The molecule has 12 nitrogen and oxygen atoms in total. The van der Waals surface area contributed by atoms with Crippen LogP contribution in [0.4, 0.5) is 4.79 Å². The van der Waals surface area contributed by atoms with Gasteiger partial charge in [0.05, 0.1) is 38.4 Å². The Hall–Kier alpha value is -2.36. The van der Waals surface area contributed by atoms with Crippen molar-refractivity contribution < 1.29 is 42.0 Å². The molecule has 1 amide bonds. The van der Waals surface area contributed by atoms with Crippen LogP contribution in [0.2, 0.25) is 0 Å². The lowest BCUT2D eigenvalue weighted by Gasteiger charge is -2.29. The fraction of sp³-hybridized carbons (Fsp3) is 0.667. The first-order valence-corrected chi connectivity index (χ1v) is 15.8. The van der Waals surface area contributed by atoms with Gasteiger partial charge < -0.3 is 39.4 Å². The normalized spacial score (nSPS) is 32.0. The zero-order chi connectivity index (χ0) is 29.0. The minimum atomic E-state index is -4.10. The highest BCUT2D eigenvalue weighted by atomic mass is 32.2. The summed E-state index contributed by atoms with van der Waals surface area (Å²) in [5.74, 6) is 0.298. The lowest BCUT2D eigenvalue weighted by molar-refractivity contribution is -0.0907. The topological polar surface area (TPSA) is 145 Å². The molecule has 2 saturated heterocycles. The van der Waals surface area contributed by atoms with Crippen molar-refractivity contribution in [3.05, 3.63) is 30.4 Å². The van der Waals surface area contributed by atoms with Crippen LogP contribution in [0.3, 0.4) is 0 Å². The van der Waals surface area contributed by atoms with Crippen molar-refractivity contribution in [1.82, 2.24) is 14.9 Å². The molecule has 0 aromatic heterocycles. The van der Waals surface area contributed by atoms with Gasteiger partial charge in [-0.2, -0.15) is 4.31 Å². The molecule has 226 valence electrons. The number of nitrogens with zero attached hydrogens (tertiary/aromatic N) is 1. The molecule has 3 heterocycles. The number of hydrogen-bond acceptors (Lipinski definition) is 10. The van der Waals surface area contributed by atoms with Crippen molar-refractivity contribution >= 4 is 24.0 Å². The van der Waals surface area contributed by atoms with E-state index in [0.29, 0.717) is 31.4 Å². The largest absolute Gasteiger partial charge is 0.497 e. The maximum Gasteiger partial charge on any atom is 0.407 e. The van der Waals surface area contributed by atoms with Crippen molar-refractivity contribution in [2.45, 2.75) is 61.1 Å². The smallest absolute Gasteiger partial charge is 0.407 e. The van der Waals surface area contributed by atoms with Crippen molar-refractivity contribution in [3.63, 3.8) is 0 Å². The molecule has 3 N–H and O–H groups in total. The second kappa shape index (κ2) is 13.3. The summed E-state index contributed by atoms with van der Waals surface area (Å²) in [6, 6.07) is 4.67. The van der Waals surface area contributed by atoms with Crippen LogP contribution in [-0.2, 0) is 24.2 Å². The fourth-order valence-corrected chi connectivity index (χ4v) is 7.38. The average molecular weight is 594 g/mol. The van der Waals surface area contributed by atoms with Gasteiger partial charge in [0.2, 0.25) is 10.0 Å². The Kier molecular flexibility index (Phi) is 9.77. The molecule has 1 saturated carbocycles. The van der Waals surface area contributed by atoms with Crippen LogP contribution in [0.15, 0.2) is 35.2 Å². The van der Waals surface area contributed by atoms with Gasteiger partial charge in [-0.1, -0.05) is 12.2 Å². The predicted octanol–water partition coefficient (Wildman–Crippen LogP) is 0.201. The highest BCUT2D eigenvalue weighted by molar-refractivity contribution is 7.89. The van der Waals surface area contributed by atoms with E-state index in [0.717, 1.165) is 25.7 Å². The number of ether oxygens (including phenoxy) is 5. The van der Waals surface area contributed by atoms with Gasteiger partial charge in [-0.15, -0.1) is 0 Å². The molecule has 1 aromatic carbocycles. The summed E-state index contributed by atoms with van der Waals surface area (Å²) in [6.07, 6.45) is 4.79.